The molecule has 0 aliphatic heterocycles. The average molecular weight is 358 g/mol. The van der Waals surface area contributed by atoms with Crippen molar-refractivity contribution in [2.24, 2.45) is 0 Å². The van der Waals surface area contributed by atoms with Crippen molar-refractivity contribution >= 4 is 5.97 Å². The van der Waals surface area contributed by atoms with Crippen LogP contribution in [0.15, 0.2) is 55.6 Å². The topological polar surface area (TPSA) is 29.5 Å². The Morgan fingerprint density at radius 2 is 1.77 bits per heavy atom. The summed E-state index contributed by atoms with van der Waals surface area (Å²) in [5, 5.41) is 0. The molecule has 0 fully saturated rings. The molecule has 144 valence electrons. The van der Waals surface area contributed by atoms with Crippen LogP contribution in [-0.4, -0.2) is 29.1 Å². The Kier molecular flexibility index (Phi) is 9.36. The number of esters is 1. The molecule has 2 atom stereocenters. The minimum atomic E-state index is -0.461. The largest absolute Gasteiger partial charge is 0.460 e. The Bertz CT molecular complexity index is 559. The van der Waals surface area contributed by atoms with Crippen LogP contribution in [0.5, 0.6) is 0 Å². The molecule has 0 aromatic heterocycles. The van der Waals surface area contributed by atoms with E-state index in [1.165, 1.54) is 5.56 Å². The molecule has 0 N–H and O–H groups in total. The first-order valence-electron chi connectivity index (χ1n) is 9.52. The number of allylic oxidation sites excluding steroid dienone is 1. The number of carbonyl (C=O) groups is 1. The number of nitrogens with zero attached hydrogens (tertiary/aromatic N) is 1. The summed E-state index contributed by atoms with van der Waals surface area (Å²) in [4.78, 5) is 14.9. The molecule has 0 saturated carbocycles. The van der Waals surface area contributed by atoms with E-state index in [2.05, 4.69) is 49.2 Å². The van der Waals surface area contributed by atoms with Crippen molar-refractivity contribution in [1.29, 1.82) is 0 Å². The third kappa shape index (κ3) is 8.01. The van der Waals surface area contributed by atoms with E-state index in [4.69, 9.17) is 4.74 Å². The first-order valence-corrected chi connectivity index (χ1v) is 9.52. The van der Waals surface area contributed by atoms with Gasteiger partial charge in [-0.25, -0.2) is 0 Å². The second kappa shape index (κ2) is 11.0. The van der Waals surface area contributed by atoms with Gasteiger partial charge >= 0.3 is 5.97 Å². The second-order valence-electron chi connectivity index (χ2n) is 7.71. The minimum absolute atomic E-state index is 0.109. The van der Waals surface area contributed by atoms with E-state index in [-0.39, 0.29) is 18.1 Å². The maximum absolute atomic E-state index is 12.5. The van der Waals surface area contributed by atoms with Gasteiger partial charge in [-0.2, -0.15) is 0 Å². The Morgan fingerprint density at radius 1 is 1.15 bits per heavy atom. The first-order chi connectivity index (χ1) is 12.3. The summed E-state index contributed by atoms with van der Waals surface area (Å²) in [6, 6.07) is 10.8. The molecular weight excluding hydrogens is 322 g/mol. The Hall–Kier alpha value is -1.87. The van der Waals surface area contributed by atoms with Crippen molar-refractivity contribution < 1.29 is 9.53 Å². The number of carbonyl (C=O) groups excluding carboxylic acids is 1. The SMILES string of the molecule is C=CCC[C@H](CC(=O)OC(C)(C)C)N(CCC=C)[C@H](C)c1ccccc1. The zero-order chi connectivity index (χ0) is 19.6. The van der Waals surface area contributed by atoms with Gasteiger partial charge in [-0.1, -0.05) is 42.5 Å². The molecular formula is C23H35NO2. The van der Waals surface area contributed by atoms with E-state index in [0.717, 1.165) is 25.8 Å². The third-order valence-corrected chi connectivity index (χ3v) is 4.37. The van der Waals surface area contributed by atoms with Gasteiger partial charge in [0.15, 0.2) is 0 Å². The van der Waals surface area contributed by atoms with E-state index in [1.807, 2.05) is 39.0 Å². The molecule has 0 bridgehead atoms. The Labute approximate surface area is 159 Å². The molecule has 0 amide bonds. The molecule has 0 radical (unpaired) electrons. The highest BCUT2D eigenvalue weighted by Crippen LogP contribution is 2.27. The molecule has 0 aliphatic carbocycles. The van der Waals surface area contributed by atoms with Crippen molar-refractivity contribution in [3.8, 4) is 0 Å². The van der Waals surface area contributed by atoms with Crippen LogP contribution in [0.2, 0.25) is 0 Å². The number of hydrogen-bond acceptors (Lipinski definition) is 3. The number of ether oxygens (including phenoxy) is 1. The summed E-state index contributed by atoms with van der Waals surface area (Å²) in [6.07, 6.45) is 6.88. The molecule has 3 heteroatoms. The van der Waals surface area contributed by atoms with Crippen LogP contribution in [0, 0.1) is 0 Å². The van der Waals surface area contributed by atoms with E-state index < -0.39 is 5.60 Å². The maximum atomic E-state index is 12.5. The van der Waals surface area contributed by atoms with Gasteiger partial charge in [0.1, 0.15) is 5.60 Å². The molecule has 26 heavy (non-hydrogen) atoms. The lowest BCUT2D eigenvalue weighted by atomic mass is 9.99. The van der Waals surface area contributed by atoms with Crippen molar-refractivity contribution in [2.45, 2.75) is 71.1 Å². The summed E-state index contributed by atoms with van der Waals surface area (Å²) in [7, 11) is 0. The fourth-order valence-electron chi connectivity index (χ4n) is 3.13. The van der Waals surface area contributed by atoms with Crippen LogP contribution >= 0.6 is 0 Å². The molecule has 0 heterocycles. The average Bonchev–Trinajstić information content (AvgIpc) is 2.58. The fraction of sp³-hybridized carbons (Fsp3) is 0.522. The van der Waals surface area contributed by atoms with Gasteiger partial charge in [0.2, 0.25) is 0 Å². The van der Waals surface area contributed by atoms with Gasteiger partial charge in [-0.3, -0.25) is 9.69 Å². The molecule has 0 saturated heterocycles. The third-order valence-electron chi connectivity index (χ3n) is 4.37. The number of hydrogen-bond donors (Lipinski definition) is 0. The monoisotopic (exact) mass is 357 g/mol. The second-order valence-corrected chi connectivity index (χ2v) is 7.71. The maximum Gasteiger partial charge on any atom is 0.307 e. The molecule has 1 aromatic rings. The summed E-state index contributed by atoms with van der Waals surface area (Å²) in [5.41, 5.74) is 0.793. The zero-order valence-corrected chi connectivity index (χ0v) is 16.9. The van der Waals surface area contributed by atoms with Gasteiger partial charge in [-0.05, 0) is 52.5 Å². The summed E-state index contributed by atoms with van der Waals surface area (Å²) in [5.74, 6) is -0.143. The van der Waals surface area contributed by atoms with Crippen LogP contribution in [0.1, 0.15) is 65.0 Å². The zero-order valence-electron chi connectivity index (χ0n) is 16.9. The standard InChI is InChI=1S/C23H35NO2/c1-7-9-16-21(18-22(25)26-23(4,5)6)24(17-10-8-2)19(3)20-14-12-11-13-15-20/h7-8,11-15,19,21H,1-2,9-10,16-18H2,3-6H3/t19-,21-/m1/s1. The molecule has 0 unspecified atom stereocenters. The molecule has 0 aliphatic rings. The normalized spacial score (nSPS) is 13.9. The molecule has 0 spiro atoms. The fourth-order valence-corrected chi connectivity index (χ4v) is 3.13. The number of benzene rings is 1. The first kappa shape index (κ1) is 22.2. The smallest absolute Gasteiger partial charge is 0.307 e. The van der Waals surface area contributed by atoms with Crippen LogP contribution in [0.25, 0.3) is 0 Å². The highest BCUT2D eigenvalue weighted by Gasteiger charge is 2.27. The van der Waals surface area contributed by atoms with Crippen molar-refractivity contribution in [3.63, 3.8) is 0 Å². The van der Waals surface area contributed by atoms with Crippen LogP contribution in [0.4, 0.5) is 0 Å². The van der Waals surface area contributed by atoms with Gasteiger partial charge in [-0.15, -0.1) is 13.2 Å². The van der Waals surface area contributed by atoms with Gasteiger partial charge in [0.25, 0.3) is 0 Å². The van der Waals surface area contributed by atoms with Crippen molar-refractivity contribution in [3.05, 3.63) is 61.2 Å². The summed E-state index contributed by atoms with van der Waals surface area (Å²) < 4.78 is 5.58. The summed E-state index contributed by atoms with van der Waals surface area (Å²) >= 11 is 0. The van der Waals surface area contributed by atoms with Crippen LogP contribution in [0.3, 0.4) is 0 Å². The lowest BCUT2D eigenvalue weighted by Crippen LogP contribution is -2.40. The number of rotatable bonds is 11. The Balaban J connectivity index is 3.01. The quantitative estimate of drug-likeness (QED) is 0.376. The van der Waals surface area contributed by atoms with E-state index in [1.54, 1.807) is 0 Å². The molecule has 1 aromatic carbocycles. The molecule has 3 nitrogen and oxygen atoms in total. The lowest BCUT2D eigenvalue weighted by Gasteiger charge is -2.37. The van der Waals surface area contributed by atoms with Gasteiger partial charge < -0.3 is 4.74 Å². The van der Waals surface area contributed by atoms with Crippen LogP contribution in [-0.2, 0) is 9.53 Å². The van der Waals surface area contributed by atoms with Gasteiger partial charge in [0.05, 0.1) is 6.42 Å². The minimum Gasteiger partial charge on any atom is -0.460 e. The summed E-state index contributed by atoms with van der Waals surface area (Å²) in [6.45, 7) is 16.5. The van der Waals surface area contributed by atoms with E-state index in [9.17, 15) is 4.79 Å². The van der Waals surface area contributed by atoms with Crippen molar-refractivity contribution in [2.75, 3.05) is 6.54 Å². The Morgan fingerprint density at radius 3 is 2.31 bits per heavy atom. The van der Waals surface area contributed by atoms with Gasteiger partial charge in [0, 0.05) is 18.6 Å². The van der Waals surface area contributed by atoms with Crippen LogP contribution < -0.4 is 0 Å². The molecule has 1 rings (SSSR count). The van der Waals surface area contributed by atoms with E-state index >= 15 is 0 Å². The lowest BCUT2D eigenvalue weighted by molar-refractivity contribution is -0.156. The van der Waals surface area contributed by atoms with Crippen molar-refractivity contribution in [1.82, 2.24) is 4.90 Å². The predicted molar refractivity (Wildman–Crippen MR) is 110 cm³/mol. The predicted octanol–water partition coefficient (Wildman–Crippen LogP) is 5.69. The highest BCUT2D eigenvalue weighted by molar-refractivity contribution is 5.70. The van der Waals surface area contributed by atoms with E-state index in [0.29, 0.717) is 6.42 Å². The highest BCUT2D eigenvalue weighted by atomic mass is 16.6.